The molecule has 4 aromatic heterocycles. The molecular formula is C30H29N7. The molecule has 1 fully saturated rings. The van der Waals surface area contributed by atoms with Gasteiger partial charge >= 0.3 is 0 Å². The molecule has 0 radical (unpaired) electrons. The fourth-order valence-electron chi connectivity index (χ4n) is 4.87. The molecule has 0 spiro atoms. The predicted octanol–water partition coefficient (Wildman–Crippen LogP) is 4.28. The molecule has 0 saturated carbocycles. The third-order valence-electron chi connectivity index (χ3n) is 6.90. The van der Waals surface area contributed by atoms with E-state index in [2.05, 4.69) is 75.3 Å². The summed E-state index contributed by atoms with van der Waals surface area (Å²) < 4.78 is 3.78. The Morgan fingerprint density at radius 3 is 2.41 bits per heavy atom. The molecule has 7 heteroatoms. The van der Waals surface area contributed by atoms with Crippen LogP contribution in [0.25, 0.3) is 27.8 Å². The number of hydrogen-bond donors (Lipinski definition) is 0. The standard InChI is InChI=1S/C30H29N7/c1-23-18-33-37-22-26(27-20-32-34(2)21-27)17-28(30(23)37)25-10-11-29(31-19-25)36-15-13-35(14-16-36)12-6-9-24-7-4-3-5-8-24/h3-5,7-8,10-11,17-22H,12-16H2,1-2H3. The molecule has 184 valence electrons. The van der Waals surface area contributed by atoms with Crippen LogP contribution in [0.2, 0.25) is 0 Å². The van der Waals surface area contributed by atoms with Crippen molar-refractivity contribution >= 4 is 11.3 Å². The van der Waals surface area contributed by atoms with Crippen molar-refractivity contribution < 1.29 is 0 Å². The molecular weight excluding hydrogens is 458 g/mol. The third kappa shape index (κ3) is 4.84. The summed E-state index contributed by atoms with van der Waals surface area (Å²) in [6.45, 7) is 6.75. The van der Waals surface area contributed by atoms with Crippen molar-refractivity contribution in [2.24, 2.45) is 7.05 Å². The van der Waals surface area contributed by atoms with Crippen molar-refractivity contribution in [3.63, 3.8) is 0 Å². The average Bonchev–Trinajstić information content (AvgIpc) is 3.55. The zero-order chi connectivity index (χ0) is 25.2. The van der Waals surface area contributed by atoms with Crippen LogP contribution in [0.5, 0.6) is 0 Å². The van der Waals surface area contributed by atoms with Crippen LogP contribution in [0.15, 0.2) is 79.5 Å². The van der Waals surface area contributed by atoms with Gasteiger partial charge in [-0.1, -0.05) is 30.0 Å². The van der Waals surface area contributed by atoms with E-state index in [9.17, 15) is 0 Å². The van der Waals surface area contributed by atoms with Crippen LogP contribution in [-0.2, 0) is 7.05 Å². The maximum atomic E-state index is 4.87. The summed E-state index contributed by atoms with van der Waals surface area (Å²) in [6, 6.07) is 16.7. The Hall–Kier alpha value is -4.41. The molecule has 0 atom stereocenters. The topological polar surface area (TPSA) is 54.5 Å². The van der Waals surface area contributed by atoms with E-state index in [4.69, 9.17) is 4.98 Å². The highest BCUT2D eigenvalue weighted by molar-refractivity contribution is 5.86. The molecule has 0 aliphatic carbocycles. The van der Waals surface area contributed by atoms with Crippen molar-refractivity contribution in [3.8, 4) is 34.1 Å². The summed E-state index contributed by atoms with van der Waals surface area (Å²) in [5.74, 6) is 7.59. The number of piperazine rings is 1. The van der Waals surface area contributed by atoms with Gasteiger partial charge in [0.05, 0.1) is 24.5 Å². The van der Waals surface area contributed by atoms with Crippen LogP contribution < -0.4 is 4.90 Å². The Morgan fingerprint density at radius 2 is 1.68 bits per heavy atom. The number of fused-ring (bicyclic) bond motifs is 1. The highest BCUT2D eigenvalue weighted by Gasteiger charge is 2.18. The molecule has 0 unspecified atom stereocenters. The lowest BCUT2D eigenvalue weighted by Crippen LogP contribution is -2.46. The first kappa shape index (κ1) is 23.0. The SMILES string of the molecule is Cc1cnn2cc(-c3cnn(C)c3)cc(-c3ccc(N4CCN(CC#Cc5ccccc5)CC4)nc3)c12. The number of rotatable bonds is 4. The first-order valence-corrected chi connectivity index (χ1v) is 12.6. The smallest absolute Gasteiger partial charge is 0.128 e. The summed E-state index contributed by atoms with van der Waals surface area (Å²) in [5, 5.41) is 8.92. The minimum atomic E-state index is 0.795. The third-order valence-corrected chi connectivity index (χ3v) is 6.90. The van der Waals surface area contributed by atoms with Gasteiger partial charge in [0.1, 0.15) is 5.82 Å². The second kappa shape index (κ2) is 9.92. The zero-order valence-electron chi connectivity index (χ0n) is 21.2. The number of anilines is 1. The Balaban J connectivity index is 1.17. The minimum absolute atomic E-state index is 0.795. The molecule has 5 heterocycles. The Kier molecular flexibility index (Phi) is 6.17. The molecule has 0 N–H and O–H groups in total. The first-order valence-electron chi connectivity index (χ1n) is 12.6. The van der Waals surface area contributed by atoms with Gasteiger partial charge in [0, 0.05) is 79.6 Å². The van der Waals surface area contributed by atoms with Crippen LogP contribution in [-0.4, -0.2) is 62.0 Å². The number of hydrogen-bond acceptors (Lipinski definition) is 5. The van der Waals surface area contributed by atoms with E-state index < -0.39 is 0 Å². The summed E-state index contributed by atoms with van der Waals surface area (Å²) in [5.41, 5.74) is 7.66. The lowest BCUT2D eigenvalue weighted by Gasteiger charge is -2.34. The molecule has 6 rings (SSSR count). The zero-order valence-corrected chi connectivity index (χ0v) is 21.2. The molecule has 1 saturated heterocycles. The number of aryl methyl sites for hydroxylation is 2. The van der Waals surface area contributed by atoms with Crippen LogP contribution in [0.4, 0.5) is 5.82 Å². The first-order chi connectivity index (χ1) is 18.1. The molecule has 0 amide bonds. The van der Waals surface area contributed by atoms with E-state index in [1.165, 1.54) is 0 Å². The van der Waals surface area contributed by atoms with E-state index in [-0.39, 0.29) is 0 Å². The Morgan fingerprint density at radius 1 is 0.838 bits per heavy atom. The van der Waals surface area contributed by atoms with Crippen molar-refractivity contribution in [1.82, 2.24) is 29.3 Å². The lowest BCUT2D eigenvalue weighted by atomic mass is 10.0. The highest BCUT2D eigenvalue weighted by Crippen LogP contribution is 2.32. The van der Waals surface area contributed by atoms with Gasteiger partial charge in [0.15, 0.2) is 0 Å². The quantitative estimate of drug-likeness (QED) is 0.354. The number of nitrogens with zero attached hydrogens (tertiary/aromatic N) is 7. The van der Waals surface area contributed by atoms with Crippen molar-refractivity contribution in [2.75, 3.05) is 37.6 Å². The molecule has 5 aromatic rings. The lowest BCUT2D eigenvalue weighted by molar-refractivity contribution is 0.287. The van der Waals surface area contributed by atoms with Gasteiger partial charge in [0.25, 0.3) is 0 Å². The highest BCUT2D eigenvalue weighted by atomic mass is 15.3. The van der Waals surface area contributed by atoms with Crippen molar-refractivity contribution in [1.29, 1.82) is 0 Å². The maximum absolute atomic E-state index is 4.87. The molecule has 1 aromatic carbocycles. The van der Waals surface area contributed by atoms with Gasteiger partial charge in [-0.05, 0) is 42.8 Å². The summed E-state index contributed by atoms with van der Waals surface area (Å²) >= 11 is 0. The van der Waals surface area contributed by atoms with E-state index in [0.29, 0.717) is 0 Å². The monoisotopic (exact) mass is 487 g/mol. The van der Waals surface area contributed by atoms with Crippen LogP contribution in [0.1, 0.15) is 11.1 Å². The second-order valence-electron chi connectivity index (χ2n) is 9.50. The minimum Gasteiger partial charge on any atom is -0.354 e. The molecule has 1 aliphatic rings. The molecule has 0 bridgehead atoms. The number of aromatic nitrogens is 5. The second-order valence-corrected chi connectivity index (χ2v) is 9.50. The van der Waals surface area contributed by atoms with Gasteiger partial charge < -0.3 is 4.90 Å². The van der Waals surface area contributed by atoms with Crippen LogP contribution in [0, 0.1) is 18.8 Å². The number of benzene rings is 1. The molecule has 7 nitrogen and oxygen atoms in total. The Labute approximate surface area is 217 Å². The summed E-state index contributed by atoms with van der Waals surface area (Å²) in [6.07, 6.45) is 9.87. The van der Waals surface area contributed by atoms with Gasteiger partial charge in [-0.3, -0.25) is 9.58 Å². The fourth-order valence-corrected chi connectivity index (χ4v) is 4.87. The van der Waals surface area contributed by atoms with Gasteiger partial charge in [0.2, 0.25) is 0 Å². The van der Waals surface area contributed by atoms with Crippen molar-refractivity contribution in [2.45, 2.75) is 6.92 Å². The fraction of sp³-hybridized carbons (Fsp3) is 0.233. The predicted molar refractivity (Wildman–Crippen MR) is 147 cm³/mol. The van der Waals surface area contributed by atoms with Gasteiger partial charge in [-0.25, -0.2) is 9.50 Å². The van der Waals surface area contributed by atoms with Crippen LogP contribution >= 0.6 is 0 Å². The largest absolute Gasteiger partial charge is 0.354 e. The molecule has 1 aliphatic heterocycles. The molecule has 37 heavy (non-hydrogen) atoms. The van der Waals surface area contributed by atoms with Gasteiger partial charge in [-0.2, -0.15) is 10.2 Å². The maximum Gasteiger partial charge on any atom is 0.128 e. The summed E-state index contributed by atoms with van der Waals surface area (Å²) in [4.78, 5) is 9.63. The van der Waals surface area contributed by atoms with E-state index in [1.807, 2.05) is 59.2 Å². The number of pyridine rings is 2. The van der Waals surface area contributed by atoms with E-state index in [1.54, 1.807) is 0 Å². The van der Waals surface area contributed by atoms with Crippen LogP contribution in [0.3, 0.4) is 0 Å². The van der Waals surface area contributed by atoms with E-state index >= 15 is 0 Å². The Bertz CT molecular complexity index is 1580. The van der Waals surface area contributed by atoms with Gasteiger partial charge in [-0.15, -0.1) is 0 Å². The van der Waals surface area contributed by atoms with E-state index in [0.717, 1.165) is 77.4 Å². The average molecular weight is 488 g/mol. The van der Waals surface area contributed by atoms with Crippen molar-refractivity contribution in [3.05, 3.63) is 90.6 Å². The normalized spacial score (nSPS) is 14.1. The summed E-state index contributed by atoms with van der Waals surface area (Å²) in [7, 11) is 1.93.